The van der Waals surface area contributed by atoms with E-state index in [2.05, 4.69) is 49.2 Å². The van der Waals surface area contributed by atoms with Gasteiger partial charge in [0.25, 0.3) is 0 Å². The number of anilines is 1. The van der Waals surface area contributed by atoms with Crippen molar-refractivity contribution in [2.75, 3.05) is 37.6 Å². The van der Waals surface area contributed by atoms with Gasteiger partial charge in [0, 0.05) is 38.4 Å². The molecule has 0 bridgehead atoms. The zero-order valence-electron chi connectivity index (χ0n) is 12.8. The van der Waals surface area contributed by atoms with Gasteiger partial charge in [-0.15, -0.1) is 0 Å². The Bertz CT molecular complexity index is 465. The lowest BCUT2D eigenvalue weighted by atomic mass is 10.1. The quantitative estimate of drug-likeness (QED) is 0.920. The van der Waals surface area contributed by atoms with Crippen LogP contribution in [0.3, 0.4) is 0 Å². The Morgan fingerprint density at radius 2 is 1.90 bits per heavy atom. The van der Waals surface area contributed by atoms with Crippen LogP contribution in [-0.2, 0) is 0 Å². The second-order valence-corrected chi connectivity index (χ2v) is 5.50. The molecule has 1 saturated heterocycles. The Hall–Kier alpha value is -1.71. The number of nitrogens with zero attached hydrogens (tertiary/aromatic N) is 2. The van der Waals surface area contributed by atoms with Crippen LogP contribution in [0.5, 0.6) is 0 Å². The molecule has 0 aliphatic carbocycles. The summed E-state index contributed by atoms with van der Waals surface area (Å²) in [5.41, 5.74) is 3.90. The molecule has 1 fully saturated rings. The minimum absolute atomic E-state index is 0.0760. The number of hydrogen-bond acceptors (Lipinski definition) is 2. The number of benzene rings is 1. The fraction of sp³-hybridized carbons (Fsp3) is 0.562. The summed E-state index contributed by atoms with van der Waals surface area (Å²) in [6.45, 7) is 10.5. The van der Waals surface area contributed by atoms with Crippen molar-refractivity contribution in [2.45, 2.75) is 27.2 Å². The summed E-state index contributed by atoms with van der Waals surface area (Å²) >= 11 is 0. The average Bonchev–Trinajstić information content (AvgIpc) is 2.45. The summed E-state index contributed by atoms with van der Waals surface area (Å²) in [5.74, 6) is 0. The number of carbonyl (C=O) groups is 1. The third-order valence-corrected chi connectivity index (χ3v) is 3.79. The lowest BCUT2D eigenvalue weighted by Crippen LogP contribution is -2.52. The molecule has 1 aromatic rings. The second kappa shape index (κ2) is 6.64. The van der Waals surface area contributed by atoms with Gasteiger partial charge in [-0.05, 0) is 31.9 Å². The maximum Gasteiger partial charge on any atom is 0.317 e. The molecule has 0 aromatic heterocycles. The fourth-order valence-corrected chi connectivity index (χ4v) is 2.65. The van der Waals surface area contributed by atoms with E-state index in [-0.39, 0.29) is 6.03 Å². The van der Waals surface area contributed by atoms with Crippen LogP contribution >= 0.6 is 0 Å². The Balaban J connectivity index is 1.92. The molecule has 0 saturated carbocycles. The topological polar surface area (TPSA) is 35.6 Å². The first kappa shape index (κ1) is 14.7. The second-order valence-electron chi connectivity index (χ2n) is 5.50. The summed E-state index contributed by atoms with van der Waals surface area (Å²) in [5, 5.41) is 2.94. The van der Waals surface area contributed by atoms with E-state index >= 15 is 0 Å². The van der Waals surface area contributed by atoms with Crippen LogP contribution in [0.15, 0.2) is 18.2 Å². The highest BCUT2D eigenvalue weighted by Crippen LogP contribution is 2.22. The first-order chi connectivity index (χ1) is 9.61. The largest absolute Gasteiger partial charge is 0.368 e. The van der Waals surface area contributed by atoms with E-state index in [1.807, 2.05) is 4.90 Å². The molecule has 1 N–H and O–H groups in total. The molecule has 2 rings (SSSR count). The maximum absolute atomic E-state index is 11.9. The number of carbonyl (C=O) groups excluding carboxylic acids is 1. The number of amides is 2. The molecule has 4 heteroatoms. The minimum Gasteiger partial charge on any atom is -0.368 e. The Morgan fingerprint density at radius 1 is 1.20 bits per heavy atom. The van der Waals surface area contributed by atoms with Gasteiger partial charge in [0.15, 0.2) is 0 Å². The van der Waals surface area contributed by atoms with Crippen molar-refractivity contribution in [3.63, 3.8) is 0 Å². The summed E-state index contributed by atoms with van der Waals surface area (Å²) < 4.78 is 0. The molecular weight excluding hydrogens is 250 g/mol. The third-order valence-electron chi connectivity index (χ3n) is 3.79. The van der Waals surface area contributed by atoms with Crippen molar-refractivity contribution in [3.05, 3.63) is 29.3 Å². The lowest BCUT2D eigenvalue weighted by Gasteiger charge is -2.36. The number of aryl methyl sites for hydroxylation is 2. The highest BCUT2D eigenvalue weighted by molar-refractivity contribution is 5.74. The van der Waals surface area contributed by atoms with Crippen LogP contribution < -0.4 is 10.2 Å². The van der Waals surface area contributed by atoms with Gasteiger partial charge in [-0.1, -0.05) is 24.6 Å². The van der Waals surface area contributed by atoms with E-state index in [0.717, 1.165) is 39.1 Å². The van der Waals surface area contributed by atoms with E-state index in [0.29, 0.717) is 0 Å². The van der Waals surface area contributed by atoms with Gasteiger partial charge in [0.1, 0.15) is 0 Å². The highest BCUT2D eigenvalue weighted by atomic mass is 16.2. The molecule has 2 amide bonds. The average molecular weight is 275 g/mol. The van der Waals surface area contributed by atoms with Gasteiger partial charge in [-0.3, -0.25) is 0 Å². The summed E-state index contributed by atoms with van der Waals surface area (Å²) in [4.78, 5) is 16.2. The van der Waals surface area contributed by atoms with Gasteiger partial charge in [0.05, 0.1) is 0 Å². The van der Waals surface area contributed by atoms with Gasteiger partial charge in [0.2, 0.25) is 0 Å². The van der Waals surface area contributed by atoms with Crippen LogP contribution in [-0.4, -0.2) is 43.7 Å². The predicted octanol–water partition coefficient (Wildman–Crippen LogP) is 2.55. The predicted molar refractivity (Wildman–Crippen MR) is 83.4 cm³/mol. The molecule has 1 aromatic carbocycles. The van der Waals surface area contributed by atoms with Crippen molar-refractivity contribution in [3.8, 4) is 0 Å². The van der Waals surface area contributed by atoms with Crippen molar-refractivity contribution in [1.29, 1.82) is 0 Å². The van der Waals surface area contributed by atoms with E-state index in [9.17, 15) is 4.79 Å². The lowest BCUT2D eigenvalue weighted by molar-refractivity contribution is 0.194. The summed E-state index contributed by atoms with van der Waals surface area (Å²) in [6.07, 6.45) is 0.980. The standard InChI is InChI=1S/C16H25N3O/c1-4-7-17-16(20)19-10-8-18(9-11-19)15-6-5-13(2)12-14(15)3/h5-6,12H,4,7-11H2,1-3H3,(H,17,20). The number of nitrogens with one attached hydrogen (secondary N) is 1. The molecule has 1 heterocycles. The van der Waals surface area contributed by atoms with Crippen molar-refractivity contribution in [2.24, 2.45) is 0 Å². The molecule has 0 atom stereocenters. The molecule has 4 nitrogen and oxygen atoms in total. The molecule has 1 aliphatic heterocycles. The molecule has 0 radical (unpaired) electrons. The highest BCUT2D eigenvalue weighted by Gasteiger charge is 2.21. The third kappa shape index (κ3) is 3.44. The van der Waals surface area contributed by atoms with Gasteiger partial charge >= 0.3 is 6.03 Å². The van der Waals surface area contributed by atoms with Crippen LogP contribution in [0, 0.1) is 13.8 Å². The monoisotopic (exact) mass is 275 g/mol. The molecule has 110 valence electrons. The summed E-state index contributed by atoms with van der Waals surface area (Å²) in [7, 11) is 0. The van der Waals surface area contributed by atoms with Crippen molar-refractivity contribution in [1.82, 2.24) is 10.2 Å². The first-order valence-corrected chi connectivity index (χ1v) is 7.46. The smallest absolute Gasteiger partial charge is 0.317 e. The maximum atomic E-state index is 11.9. The van der Waals surface area contributed by atoms with Crippen molar-refractivity contribution >= 4 is 11.7 Å². The molecule has 20 heavy (non-hydrogen) atoms. The van der Waals surface area contributed by atoms with Crippen molar-refractivity contribution < 1.29 is 4.79 Å². The van der Waals surface area contributed by atoms with Crippen LogP contribution in [0.25, 0.3) is 0 Å². The SMILES string of the molecule is CCCNC(=O)N1CCN(c2ccc(C)cc2C)CC1. The number of urea groups is 1. The Kier molecular flexibility index (Phi) is 4.88. The minimum atomic E-state index is 0.0760. The van der Waals surface area contributed by atoms with Crippen LogP contribution in [0.2, 0.25) is 0 Å². The van der Waals surface area contributed by atoms with Crippen LogP contribution in [0.4, 0.5) is 10.5 Å². The Labute approximate surface area is 121 Å². The van der Waals surface area contributed by atoms with Crippen LogP contribution in [0.1, 0.15) is 24.5 Å². The first-order valence-electron chi connectivity index (χ1n) is 7.46. The molecule has 0 spiro atoms. The normalized spacial score (nSPS) is 15.3. The summed E-state index contributed by atoms with van der Waals surface area (Å²) in [6, 6.07) is 6.64. The van der Waals surface area contributed by atoms with Gasteiger partial charge in [-0.2, -0.15) is 0 Å². The number of rotatable bonds is 3. The molecule has 0 unspecified atom stereocenters. The molecular formula is C16H25N3O. The number of hydrogen-bond donors (Lipinski definition) is 1. The zero-order chi connectivity index (χ0) is 14.5. The van der Waals surface area contributed by atoms with E-state index in [1.54, 1.807) is 0 Å². The van der Waals surface area contributed by atoms with E-state index < -0.39 is 0 Å². The van der Waals surface area contributed by atoms with E-state index in [1.165, 1.54) is 16.8 Å². The Morgan fingerprint density at radius 3 is 2.50 bits per heavy atom. The van der Waals surface area contributed by atoms with Gasteiger partial charge < -0.3 is 15.1 Å². The van der Waals surface area contributed by atoms with E-state index in [4.69, 9.17) is 0 Å². The zero-order valence-corrected chi connectivity index (χ0v) is 12.8. The molecule has 1 aliphatic rings. The fourth-order valence-electron chi connectivity index (χ4n) is 2.65. The van der Waals surface area contributed by atoms with Gasteiger partial charge in [-0.25, -0.2) is 4.79 Å². The number of piperazine rings is 1.